The van der Waals surface area contributed by atoms with Crippen molar-refractivity contribution in [2.45, 2.75) is 20.5 Å². The highest BCUT2D eigenvalue weighted by molar-refractivity contribution is 5.44. The molecule has 0 aliphatic rings. The first kappa shape index (κ1) is 14.6. The summed E-state index contributed by atoms with van der Waals surface area (Å²) in [6.45, 7) is 5.90. The van der Waals surface area contributed by atoms with E-state index in [4.69, 9.17) is 15.2 Å². The molecule has 0 bridgehead atoms. The van der Waals surface area contributed by atoms with Crippen molar-refractivity contribution in [3.05, 3.63) is 29.3 Å². The zero-order chi connectivity index (χ0) is 13.4. The number of methoxy groups -OCH3 is 1. The van der Waals surface area contributed by atoms with Crippen molar-refractivity contribution in [1.82, 2.24) is 0 Å². The van der Waals surface area contributed by atoms with Gasteiger partial charge in [-0.25, -0.2) is 0 Å². The van der Waals surface area contributed by atoms with E-state index in [1.807, 2.05) is 18.2 Å². The molecule has 0 atom stereocenters. The van der Waals surface area contributed by atoms with Gasteiger partial charge in [-0.05, 0) is 24.1 Å². The number of ether oxygens (including phenoxy) is 2. The fourth-order valence-corrected chi connectivity index (χ4v) is 1.53. The van der Waals surface area contributed by atoms with E-state index < -0.39 is 0 Å². The van der Waals surface area contributed by atoms with E-state index in [-0.39, 0.29) is 0 Å². The molecule has 1 rings (SSSR count). The summed E-state index contributed by atoms with van der Waals surface area (Å²) in [5.41, 5.74) is 7.31. The Bertz CT molecular complexity index is 430. The van der Waals surface area contributed by atoms with Gasteiger partial charge in [0.15, 0.2) is 0 Å². The van der Waals surface area contributed by atoms with Crippen LogP contribution in [0.5, 0.6) is 5.75 Å². The molecule has 0 heterocycles. The van der Waals surface area contributed by atoms with Crippen LogP contribution in [0, 0.1) is 17.8 Å². The van der Waals surface area contributed by atoms with Crippen LogP contribution in [0.15, 0.2) is 18.2 Å². The minimum atomic E-state index is 0.366. The largest absolute Gasteiger partial charge is 0.496 e. The highest BCUT2D eigenvalue weighted by atomic mass is 16.5. The third-order valence-electron chi connectivity index (χ3n) is 2.32. The van der Waals surface area contributed by atoms with Gasteiger partial charge in [-0.15, -0.1) is 0 Å². The Balaban J connectivity index is 2.78. The van der Waals surface area contributed by atoms with Crippen molar-refractivity contribution in [2.24, 2.45) is 11.7 Å². The molecule has 0 aromatic heterocycles. The Morgan fingerprint density at radius 3 is 2.72 bits per heavy atom. The van der Waals surface area contributed by atoms with Crippen LogP contribution in [0.2, 0.25) is 0 Å². The first-order chi connectivity index (χ1) is 8.67. The predicted octanol–water partition coefficient (Wildman–Crippen LogP) is 2.18. The Labute approximate surface area is 109 Å². The SMILES string of the molecule is COc1ccc(C#CCN)cc1COCC(C)C. The molecule has 1 aromatic rings. The number of benzene rings is 1. The molecule has 0 aliphatic heterocycles. The smallest absolute Gasteiger partial charge is 0.124 e. The van der Waals surface area contributed by atoms with Gasteiger partial charge in [0.05, 0.1) is 20.3 Å². The van der Waals surface area contributed by atoms with E-state index >= 15 is 0 Å². The van der Waals surface area contributed by atoms with Crippen LogP contribution >= 0.6 is 0 Å². The Morgan fingerprint density at radius 1 is 1.33 bits per heavy atom. The molecule has 0 radical (unpaired) electrons. The molecule has 0 spiro atoms. The second-order valence-corrected chi connectivity index (χ2v) is 4.44. The predicted molar refractivity (Wildman–Crippen MR) is 73.4 cm³/mol. The molecule has 0 amide bonds. The third kappa shape index (κ3) is 4.79. The van der Waals surface area contributed by atoms with Crippen molar-refractivity contribution >= 4 is 0 Å². The van der Waals surface area contributed by atoms with Crippen molar-refractivity contribution in [3.8, 4) is 17.6 Å². The van der Waals surface area contributed by atoms with E-state index in [9.17, 15) is 0 Å². The van der Waals surface area contributed by atoms with Crippen molar-refractivity contribution in [3.63, 3.8) is 0 Å². The molecule has 2 N–H and O–H groups in total. The number of nitrogens with two attached hydrogens (primary N) is 1. The highest BCUT2D eigenvalue weighted by Gasteiger charge is 2.04. The maximum atomic E-state index is 5.63. The molecule has 0 saturated heterocycles. The van der Waals surface area contributed by atoms with Gasteiger partial charge in [0.25, 0.3) is 0 Å². The summed E-state index contributed by atoms with van der Waals surface area (Å²) in [6, 6.07) is 5.82. The Hall–Kier alpha value is -1.50. The lowest BCUT2D eigenvalue weighted by molar-refractivity contribution is 0.0955. The van der Waals surface area contributed by atoms with Gasteiger partial charge in [-0.1, -0.05) is 25.7 Å². The highest BCUT2D eigenvalue weighted by Crippen LogP contribution is 2.20. The average molecular weight is 247 g/mol. The van der Waals surface area contributed by atoms with Gasteiger partial charge in [0, 0.05) is 17.7 Å². The maximum Gasteiger partial charge on any atom is 0.124 e. The lowest BCUT2D eigenvalue weighted by Gasteiger charge is -2.11. The summed E-state index contributed by atoms with van der Waals surface area (Å²) in [5, 5.41) is 0. The summed E-state index contributed by atoms with van der Waals surface area (Å²) < 4.78 is 10.9. The van der Waals surface area contributed by atoms with Gasteiger partial charge in [-0.3, -0.25) is 0 Å². The van der Waals surface area contributed by atoms with Gasteiger partial charge < -0.3 is 15.2 Å². The standard InChI is InChI=1S/C15H21NO2/c1-12(2)10-18-11-14-9-13(5-4-8-16)6-7-15(14)17-3/h6-7,9,12H,8,10-11,16H2,1-3H3. The minimum Gasteiger partial charge on any atom is -0.496 e. The molecule has 3 nitrogen and oxygen atoms in total. The van der Waals surface area contributed by atoms with Crippen LogP contribution in [0.25, 0.3) is 0 Å². The van der Waals surface area contributed by atoms with Crippen LogP contribution < -0.4 is 10.5 Å². The van der Waals surface area contributed by atoms with Crippen LogP contribution in [-0.2, 0) is 11.3 Å². The fraction of sp³-hybridized carbons (Fsp3) is 0.467. The second kappa shape index (κ2) is 7.75. The molecule has 18 heavy (non-hydrogen) atoms. The fourth-order valence-electron chi connectivity index (χ4n) is 1.53. The summed E-state index contributed by atoms with van der Waals surface area (Å²) in [7, 11) is 1.66. The van der Waals surface area contributed by atoms with E-state index in [1.54, 1.807) is 7.11 Å². The summed E-state index contributed by atoms with van der Waals surface area (Å²) in [6.07, 6.45) is 0. The zero-order valence-corrected chi connectivity index (χ0v) is 11.3. The van der Waals surface area contributed by atoms with E-state index in [0.717, 1.165) is 23.5 Å². The maximum absolute atomic E-state index is 5.63. The molecule has 0 unspecified atom stereocenters. The normalized spacial score (nSPS) is 10.1. The lowest BCUT2D eigenvalue weighted by Crippen LogP contribution is -2.03. The third-order valence-corrected chi connectivity index (χ3v) is 2.32. The second-order valence-electron chi connectivity index (χ2n) is 4.44. The minimum absolute atomic E-state index is 0.366. The Kier molecular flexibility index (Phi) is 6.27. The molecule has 0 aliphatic carbocycles. The van der Waals surface area contributed by atoms with Gasteiger partial charge in [0.2, 0.25) is 0 Å². The number of rotatable bonds is 5. The molecule has 98 valence electrons. The molecule has 3 heteroatoms. The monoisotopic (exact) mass is 247 g/mol. The van der Waals surface area contributed by atoms with Crippen molar-refractivity contribution in [1.29, 1.82) is 0 Å². The van der Waals surface area contributed by atoms with Crippen LogP contribution in [0.4, 0.5) is 0 Å². The quantitative estimate of drug-likeness (QED) is 0.811. The summed E-state index contributed by atoms with van der Waals surface area (Å²) in [5.74, 6) is 7.20. The summed E-state index contributed by atoms with van der Waals surface area (Å²) >= 11 is 0. The van der Waals surface area contributed by atoms with Crippen molar-refractivity contribution < 1.29 is 9.47 Å². The van der Waals surface area contributed by atoms with E-state index in [0.29, 0.717) is 19.1 Å². The van der Waals surface area contributed by atoms with Crippen LogP contribution in [0.3, 0.4) is 0 Å². The lowest BCUT2D eigenvalue weighted by atomic mass is 10.1. The topological polar surface area (TPSA) is 44.5 Å². The van der Waals surface area contributed by atoms with Gasteiger partial charge in [0.1, 0.15) is 5.75 Å². The van der Waals surface area contributed by atoms with Gasteiger partial charge >= 0.3 is 0 Å². The number of hydrogen-bond acceptors (Lipinski definition) is 3. The van der Waals surface area contributed by atoms with Crippen LogP contribution in [0.1, 0.15) is 25.0 Å². The van der Waals surface area contributed by atoms with Crippen LogP contribution in [-0.4, -0.2) is 20.3 Å². The average Bonchev–Trinajstić information content (AvgIpc) is 2.36. The first-order valence-electron chi connectivity index (χ1n) is 6.11. The molecule has 0 saturated carbocycles. The molecule has 0 fully saturated rings. The zero-order valence-electron chi connectivity index (χ0n) is 11.3. The molecular formula is C15H21NO2. The van der Waals surface area contributed by atoms with Gasteiger partial charge in [-0.2, -0.15) is 0 Å². The number of hydrogen-bond donors (Lipinski definition) is 1. The van der Waals surface area contributed by atoms with E-state index in [1.165, 1.54) is 0 Å². The summed E-state index contributed by atoms with van der Waals surface area (Å²) in [4.78, 5) is 0. The van der Waals surface area contributed by atoms with Crippen molar-refractivity contribution in [2.75, 3.05) is 20.3 Å². The first-order valence-corrected chi connectivity index (χ1v) is 6.11. The molecular weight excluding hydrogens is 226 g/mol. The van der Waals surface area contributed by atoms with E-state index in [2.05, 4.69) is 25.7 Å². The molecule has 1 aromatic carbocycles. The Morgan fingerprint density at radius 2 is 2.11 bits per heavy atom.